The molecule has 1 saturated heterocycles. The van der Waals surface area contributed by atoms with Gasteiger partial charge in [0.2, 0.25) is 5.91 Å². The highest BCUT2D eigenvalue weighted by atomic mass is 32.1. The molecule has 0 aliphatic carbocycles. The number of fused-ring (bicyclic) bond motifs is 1. The molecule has 4 aromatic rings. The number of carbonyl (C=O) groups is 3. The summed E-state index contributed by atoms with van der Waals surface area (Å²) in [5, 5.41) is 3.78. The quantitative estimate of drug-likeness (QED) is 0.281. The first kappa shape index (κ1) is 24.5. The average Bonchev–Trinajstić information content (AvgIpc) is 3.66. The third-order valence-corrected chi connectivity index (χ3v) is 7.21. The predicted octanol–water partition coefficient (Wildman–Crippen LogP) is 2.99. The monoisotopic (exact) mass is 518 g/mol. The number of primary amides is 1. The highest BCUT2D eigenvalue weighted by Gasteiger charge is 2.37. The molecular weight excluding hydrogens is 492 g/mol. The summed E-state index contributed by atoms with van der Waals surface area (Å²) < 4.78 is 9.67. The largest absolute Gasteiger partial charge is 0.395 e. The van der Waals surface area contributed by atoms with E-state index >= 15 is 0 Å². The number of nitrogens with two attached hydrogens (primary N) is 2. The van der Waals surface area contributed by atoms with Crippen molar-refractivity contribution in [2.75, 3.05) is 23.8 Å². The van der Waals surface area contributed by atoms with Crippen molar-refractivity contribution in [2.24, 2.45) is 5.73 Å². The second kappa shape index (κ2) is 10.4. The number of rotatable bonds is 8. The van der Waals surface area contributed by atoms with Crippen LogP contribution in [-0.4, -0.2) is 46.3 Å². The lowest BCUT2D eigenvalue weighted by Gasteiger charge is -2.31. The molecule has 11 heteroatoms. The summed E-state index contributed by atoms with van der Waals surface area (Å²) in [5.74, 6) is -1.78. The number of benzene rings is 2. The fraction of sp³-hybridized carbons (Fsp3) is 0.231. The third kappa shape index (κ3) is 4.78. The molecule has 2 atom stereocenters. The van der Waals surface area contributed by atoms with E-state index in [4.69, 9.17) is 16.2 Å². The van der Waals surface area contributed by atoms with Crippen LogP contribution >= 0.6 is 11.5 Å². The lowest BCUT2D eigenvalue weighted by Crippen LogP contribution is -2.45. The summed E-state index contributed by atoms with van der Waals surface area (Å²) in [6, 6.07) is 15.3. The Morgan fingerprint density at radius 1 is 1.16 bits per heavy atom. The van der Waals surface area contributed by atoms with Crippen LogP contribution in [0.1, 0.15) is 44.6 Å². The van der Waals surface area contributed by atoms with Gasteiger partial charge in [0.15, 0.2) is 5.69 Å². The Labute approximate surface area is 216 Å². The van der Waals surface area contributed by atoms with Crippen LogP contribution in [0.5, 0.6) is 0 Å². The molecular formula is C26H26N6O4S. The van der Waals surface area contributed by atoms with Gasteiger partial charge in [0.05, 0.1) is 11.8 Å². The van der Waals surface area contributed by atoms with Gasteiger partial charge in [0.1, 0.15) is 10.9 Å². The first-order valence-electron chi connectivity index (χ1n) is 11.8. The summed E-state index contributed by atoms with van der Waals surface area (Å²) in [6.45, 7) is 0.983. The summed E-state index contributed by atoms with van der Waals surface area (Å²) in [6.07, 6.45) is 3.44. The van der Waals surface area contributed by atoms with Gasteiger partial charge >= 0.3 is 0 Å². The molecule has 5 rings (SSSR count). The Morgan fingerprint density at radius 2 is 1.92 bits per heavy atom. The van der Waals surface area contributed by atoms with Crippen molar-refractivity contribution in [1.29, 1.82) is 0 Å². The van der Waals surface area contributed by atoms with Gasteiger partial charge in [-0.15, -0.1) is 0 Å². The molecule has 0 unspecified atom stereocenters. The van der Waals surface area contributed by atoms with E-state index < -0.39 is 17.9 Å². The van der Waals surface area contributed by atoms with Gasteiger partial charge in [-0.25, -0.2) is 0 Å². The number of nitrogen functional groups attached to an aromatic ring is 1. The standard InChI is InChI=1S/C26H26N6O4S/c27-20-21(24(28)33)31-37-23(20)26(35)32(15-7-2-1-3-8-15)22(25(34)30-13-16-9-6-12-36-16)18-14-29-19-11-5-4-10-17(18)19/h1-5,7-8,10-11,14,16,22,29H,6,9,12-13,27H2,(H2,28,33)(H,30,34)/t16-,22+/m1/s1. The number of hydrogen-bond donors (Lipinski definition) is 4. The zero-order valence-corrected chi connectivity index (χ0v) is 20.7. The fourth-order valence-corrected chi connectivity index (χ4v) is 5.29. The lowest BCUT2D eigenvalue weighted by atomic mass is 10.0. The first-order valence-corrected chi connectivity index (χ1v) is 12.6. The van der Waals surface area contributed by atoms with E-state index in [0.717, 1.165) is 35.3 Å². The van der Waals surface area contributed by atoms with E-state index in [2.05, 4.69) is 14.7 Å². The van der Waals surface area contributed by atoms with E-state index in [1.807, 2.05) is 30.3 Å². The fourth-order valence-electron chi connectivity index (χ4n) is 4.54. The Balaban J connectivity index is 1.63. The molecule has 0 spiro atoms. The number of para-hydroxylation sites is 2. The van der Waals surface area contributed by atoms with Crippen LogP contribution in [0.15, 0.2) is 60.8 Å². The van der Waals surface area contributed by atoms with E-state index in [1.165, 1.54) is 4.90 Å². The van der Waals surface area contributed by atoms with Crippen molar-refractivity contribution in [3.8, 4) is 0 Å². The normalized spacial score (nSPS) is 15.9. The van der Waals surface area contributed by atoms with E-state index in [1.54, 1.807) is 30.5 Å². The molecule has 1 aliphatic rings. The molecule has 3 amide bonds. The van der Waals surface area contributed by atoms with Crippen LogP contribution in [0.3, 0.4) is 0 Å². The molecule has 3 heterocycles. The summed E-state index contributed by atoms with van der Waals surface area (Å²) in [7, 11) is 0. The van der Waals surface area contributed by atoms with Crippen molar-refractivity contribution in [2.45, 2.75) is 25.0 Å². The highest BCUT2D eigenvalue weighted by Crippen LogP contribution is 2.35. The van der Waals surface area contributed by atoms with E-state index in [-0.39, 0.29) is 28.3 Å². The maximum Gasteiger partial charge on any atom is 0.273 e. The molecule has 6 N–H and O–H groups in total. The first-order chi connectivity index (χ1) is 18.0. The zero-order valence-electron chi connectivity index (χ0n) is 19.8. The van der Waals surface area contributed by atoms with Crippen LogP contribution < -0.4 is 21.7 Å². The molecule has 10 nitrogen and oxygen atoms in total. The molecule has 2 aromatic carbocycles. The molecule has 0 bridgehead atoms. The smallest absolute Gasteiger partial charge is 0.273 e. The van der Waals surface area contributed by atoms with Gasteiger partial charge in [0, 0.05) is 41.5 Å². The minimum Gasteiger partial charge on any atom is -0.395 e. The van der Waals surface area contributed by atoms with Gasteiger partial charge in [-0.1, -0.05) is 36.4 Å². The number of ether oxygens (including phenoxy) is 1. The Morgan fingerprint density at radius 3 is 2.62 bits per heavy atom. The SMILES string of the molecule is NC(=O)c1nsc(C(=O)N(c2ccccc2)[C@H](C(=O)NC[C@H]2CCCO2)c2c[nH]c3ccccc23)c1N. The topological polar surface area (TPSA) is 156 Å². The van der Waals surface area contributed by atoms with Crippen molar-refractivity contribution in [1.82, 2.24) is 14.7 Å². The van der Waals surface area contributed by atoms with Crippen LogP contribution in [0.4, 0.5) is 11.4 Å². The molecule has 37 heavy (non-hydrogen) atoms. The van der Waals surface area contributed by atoms with Gasteiger partial charge in [-0.05, 0) is 42.6 Å². The Bertz CT molecular complexity index is 1440. The predicted molar refractivity (Wildman–Crippen MR) is 141 cm³/mol. The maximum absolute atomic E-state index is 14.1. The molecule has 1 fully saturated rings. The number of hydrogen-bond acceptors (Lipinski definition) is 7. The number of carbonyl (C=O) groups excluding carboxylic acids is 3. The zero-order chi connectivity index (χ0) is 25.9. The molecule has 1 aliphatic heterocycles. The van der Waals surface area contributed by atoms with Crippen LogP contribution in [0.2, 0.25) is 0 Å². The molecule has 0 radical (unpaired) electrons. The van der Waals surface area contributed by atoms with Crippen LogP contribution in [0.25, 0.3) is 10.9 Å². The number of nitrogens with zero attached hydrogens (tertiary/aromatic N) is 2. The van der Waals surface area contributed by atoms with Gasteiger partial charge < -0.3 is 26.5 Å². The van der Waals surface area contributed by atoms with Crippen molar-refractivity contribution in [3.63, 3.8) is 0 Å². The van der Waals surface area contributed by atoms with Gasteiger partial charge in [0.25, 0.3) is 11.8 Å². The molecule has 2 aromatic heterocycles. The molecule has 190 valence electrons. The van der Waals surface area contributed by atoms with E-state index in [9.17, 15) is 14.4 Å². The number of anilines is 2. The second-order valence-corrected chi connectivity index (χ2v) is 9.49. The van der Waals surface area contributed by atoms with Gasteiger partial charge in [-0.2, -0.15) is 4.37 Å². The Hall–Kier alpha value is -4.22. The maximum atomic E-state index is 14.1. The third-order valence-electron chi connectivity index (χ3n) is 6.36. The molecule has 0 saturated carbocycles. The van der Waals surface area contributed by atoms with Crippen LogP contribution in [-0.2, 0) is 9.53 Å². The number of amides is 3. The highest BCUT2D eigenvalue weighted by molar-refractivity contribution is 7.09. The van der Waals surface area contributed by atoms with Crippen molar-refractivity contribution >= 4 is 51.5 Å². The number of H-pyrrole nitrogens is 1. The number of aromatic nitrogens is 2. The summed E-state index contributed by atoms with van der Waals surface area (Å²) >= 11 is 0.773. The Kier molecular flexibility index (Phi) is 6.89. The minimum atomic E-state index is -1.06. The van der Waals surface area contributed by atoms with Crippen LogP contribution in [0, 0.1) is 0 Å². The minimum absolute atomic E-state index is 0.0226. The number of nitrogens with one attached hydrogen (secondary N) is 2. The van der Waals surface area contributed by atoms with E-state index in [0.29, 0.717) is 24.4 Å². The second-order valence-electron chi connectivity index (χ2n) is 8.72. The van der Waals surface area contributed by atoms with Gasteiger partial charge in [-0.3, -0.25) is 19.3 Å². The summed E-state index contributed by atoms with van der Waals surface area (Å²) in [4.78, 5) is 44.4. The average molecular weight is 519 g/mol. The van der Waals surface area contributed by atoms with Crippen molar-refractivity contribution < 1.29 is 19.1 Å². The van der Waals surface area contributed by atoms with Crippen molar-refractivity contribution in [3.05, 3.63) is 76.9 Å². The lowest BCUT2D eigenvalue weighted by molar-refractivity contribution is -0.123. The number of aromatic amines is 1. The summed E-state index contributed by atoms with van der Waals surface area (Å²) in [5.41, 5.74) is 13.1.